The van der Waals surface area contributed by atoms with Crippen LogP contribution in [0.15, 0.2) is 59.1 Å². The van der Waals surface area contributed by atoms with Gasteiger partial charge in [0.1, 0.15) is 25.0 Å². The van der Waals surface area contributed by atoms with Crippen molar-refractivity contribution in [2.75, 3.05) is 20.1 Å². The highest BCUT2D eigenvalue weighted by atomic mass is 32.2. The van der Waals surface area contributed by atoms with Crippen molar-refractivity contribution < 1.29 is 43.6 Å². The molecule has 3 amide bonds. The van der Waals surface area contributed by atoms with E-state index in [1.54, 1.807) is 0 Å². The van der Waals surface area contributed by atoms with Crippen LogP contribution in [0, 0.1) is 32.1 Å². The van der Waals surface area contributed by atoms with Gasteiger partial charge in [-0.25, -0.2) is 9.59 Å². The van der Waals surface area contributed by atoms with Crippen LogP contribution in [0.25, 0.3) is 0 Å². The molecule has 4 heterocycles. The molecule has 4 aliphatic rings. The Morgan fingerprint density at radius 3 is 2.11 bits per heavy atom. The third-order valence-electron chi connectivity index (χ3n) is 10.3. The molecule has 2 N–H and O–H groups in total. The molecule has 2 aromatic carbocycles. The van der Waals surface area contributed by atoms with Gasteiger partial charge in [-0.15, -0.1) is 11.8 Å². The van der Waals surface area contributed by atoms with Crippen LogP contribution in [0.2, 0.25) is 0 Å². The lowest BCUT2D eigenvalue weighted by atomic mass is 9.79. The molecule has 17 nitrogen and oxygen atoms in total. The summed E-state index contributed by atoms with van der Waals surface area (Å²) < 4.78 is 11.2. The minimum absolute atomic E-state index is 0.0316. The highest BCUT2D eigenvalue weighted by molar-refractivity contribution is 8.03. The van der Waals surface area contributed by atoms with Crippen LogP contribution in [0.4, 0.5) is 16.2 Å². The van der Waals surface area contributed by atoms with Gasteiger partial charge in [0.05, 0.1) is 34.1 Å². The van der Waals surface area contributed by atoms with Gasteiger partial charge in [0.25, 0.3) is 11.4 Å². The standard InChI is InChI=1S/C35H40N6O11S/c1-19-29-28(20(2)42)33(44)39(29)30(34(45)51-17-21-6-10-23(11-7-21)40(47)48)31(19)53-25-15-26(32(43)36-27-5-4-14-37(27)3)38(16-25)35(46)52-18-22-8-12-24(13-9-22)41(49)50/h6-13,19-20,25-29,42H,4-5,14-18H2,1-3H3,(H,36,43)/t19-,20-,25+,26+,27?,28-,29-/m1/s1. The molecule has 0 aliphatic carbocycles. The molecule has 7 atom stereocenters. The molecule has 0 aromatic heterocycles. The van der Waals surface area contributed by atoms with E-state index < -0.39 is 57.2 Å². The summed E-state index contributed by atoms with van der Waals surface area (Å²) in [7, 11) is 1.91. The van der Waals surface area contributed by atoms with Crippen molar-refractivity contribution in [1.29, 1.82) is 0 Å². The van der Waals surface area contributed by atoms with Crippen molar-refractivity contribution in [2.45, 2.75) is 75.9 Å². The summed E-state index contributed by atoms with van der Waals surface area (Å²) in [6.07, 6.45) is -0.0563. The normalized spacial score (nSPS) is 25.8. The fourth-order valence-corrected chi connectivity index (χ4v) is 8.93. The molecular formula is C35H40N6O11S. The lowest BCUT2D eigenvalue weighted by molar-refractivity contribution is -0.385. The number of ether oxygens (including phenoxy) is 2. The zero-order chi connectivity index (χ0) is 38.1. The number of nitro benzene ring substituents is 2. The zero-order valence-electron chi connectivity index (χ0n) is 29.3. The Hall–Kier alpha value is -5.07. The van der Waals surface area contributed by atoms with E-state index in [0.717, 1.165) is 19.4 Å². The van der Waals surface area contributed by atoms with Crippen LogP contribution in [0.3, 0.4) is 0 Å². The molecule has 282 valence electrons. The lowest BCUT2D eigenvalue weighted by Gasteiger charge is -2.46. The van der Waals surface area contributed by atoms with Gasteiger partial charge < -0.3 is 24.8 Å². The van der Waals surface area contributed by atoms with E-state index in [-0.39, 0.29) is 61.2 Å². The Balaban J connectivity index is 1.22. The molecular weight excluding hydrogens is 712 g/mol. The maximum Gasteiger partial charge on any atom is 0.410 e. The van der Waals surface area contributed by atoms with Crippen molar-refractivity contribution in [3.63, 3.8) is 0 Å². The Bertz CT molecular complexity index is 1820. The monoisotopic (exact) mass is 752 g/mol. The summed E-state index contributed by atoms with van der Waals surface area (Å²) in [5.74, 6) is -2.69. The number of aliphatic hydroxyl groups excluding tert-OH is 1. The number of amides is 3. The van der Waals surface area contributed by atoms with E-state index in [9.17, 15) is 44.5 Å². The van der Waals surface area contributed by atoms with Crippen LogP contribution in [-0.4, -0.2) is 103 Å². The highest BCUT2D eigenvalue weighted by Gasteiger charge is 2.60. The first-order valence-corrected chi connectivity index (χ1v) is 18.1. The van der Waals surface area contributed by atoms with Gasteiger partial charge in [-0.2, -0.15) is 0 Å². The quantitative estimate of drug-likeness (QED) is 0.138. The number of hydrogen-bond donors (Lipinski definition) is 2. The predicted molar refractivity (Wildman–Crippen MR) is 188 cm³/mol. The average molecular weight is 753 g/mol. The van der Waals surface area contributed by atoms with Gasteiger partial charge >= 0.3 is 12.1 Å². The number of carbonyl (C=O) groups excluding carboxylic acids is 4. The van der Waals surface area contributed by atoms with E-state index in [1.165, 1.54) is 77.0 Å². The minimum atomic E-state index is -0.970. The maximum atomic E-state index is 13.7. The second-order valence-corrected chi connectivity index (χ2v) is 15.1. The summed E-state index contributed by atoms with van der Waals surface area (Å²) in [5.41, 5.74) is 0.825. The molecule has 18 heteroatoms. The van der Waals surface area contributed by atoms with E-state index >= 15 is 0 Å². The molecule has 1 unspecified atom stereocenters. The van der Waals surface area contributed by atoms with Gasteiger partial charge in [-0.05, 0) is 75.2 Å². The number of β-lactam (4-membered cyclic amide) rings is 1. The van der Waals surface area contributed by atoms with Gasteiger partial charge in [0.2, 0.25) is 11.8 Å². The molecule has 4 aliphatic heterocycles. The van der Waals surface area contributed by atoms with Crippen LogP contribution in [-0.2, 0) is 37.1 Å². The number of nitrogens with one attached hydrogen (secondary N) is 1. The topological polar surface area (TPSA) is 215 Å². The van der Waals surface area contributed by atoms with Crippen LogP contribution >= 0.6 is 11.8 Å². The second kappa shape index (κ2) is 15.5. The Morgan fingerprint density at radius 1 is 1.00 bits per heavy atom. The molecule has 3 fully saturated rings. The fourth-order valence-electron chi connectivity index (χ4n) is 7.41. The number of carbonyl (C=O) groups is 4. The first-order valence-electron chi connectivity index (χ1n) is 17.2. The van der Waals surface area contributed by atoms with Crippen molar-refractivity contribution >= 4 is 47.0 Å². The molecule has 6 rings (SSSR count). The SMILES string of the molecule is C[C@@H](O)[C@H]1C(=O)N2C(C(=O)OCc3ccc([N+](=O)[O-])cc3)=C(S[C@H]3C[C@@H](C(=O)NC4CCCN4C)N(C(=O)OCc4ccc([N+](=O)[O-])cc4)C3)[C@H](C)[C@H]12. The van der Waals surface area contributed by atoms with Crippen molar-refractivity contribution in [1.82, 2.24) is 20.0 Å². The van der Waals surface area contributed by atoms with E-state index in [0.29, 0.717) is 16.0 Å². The first kappa shape index (κ1) is 37.7. The van der Waals surface area contributed by atoms with Crippen molar-refractivity contribution in [2.24, 2.45) is 11.8 Å². The number of hydrogen-bond acceptors (Lipinski definition) is 13. The van der Waals surface area contributed by atoms with Gasteiger partial charge in [-0.3, -0.25) is 39.6 Å². The van der Waals surface area contributed by atoms with E-state index in [1.807, 2.05) is 18.9 Å². The Kier molecular flexibility index (Phi) is 11.0. The average Bonchev–Trinajstić information content (AvgIpc) is 3.81. The number of nitrogens with zero attached hydrogens (tertiary/aromatic N) is 5. The van der Waals surface area contributed by atoms with E-state index in [4.69, 9.17) is 9.47 Å². The van der Waals surface area contributed by atoms with Gasteiger partial charge in [-0.1, -0.05) is 6.92 Å². The molecule has 0 spiro atoms. The molecule has 0 bridgehead atoms. The summed E-state index contributed by atoms with van der Waals surface area (Å²) in [6.45, 7) is 3.86. The van der Waals surface area contributed by atoms with Crippen LogP contribution in [0.1, 0.15) is 44.2 Å². The predicted octanol–water partition coefficient (Wildman–Crippen LogP) is 3.30. The van der Waals surface area contributed by atoms with Crippen molar-refractivity contribution in [3.8, 4) is 0 Å². The third-order valence-corrected chi connectivity index (χ3v) is 11.7. The highest BCUT2D eigenvalue weighted by Crippen LogP contribution is 2.52. The Labute approximate surface area is 308 Å². The Morgan fingerprint density at radius 2 is 1.58 bits per heavy atom. The number of esters is 1. The third kappa shape index (κ3) is 7.70. The number of likely N-dealkylation sites (tertiary alicyclic amines) is 2. The number of non-ortho nitro benzene ring substituents is 2. The van der Waals surface area contributed by atoms with Crippen molar-refractivity contribution in [3.05, 3.63) is 90.5 Å². The number of thioether (sulfide) groups is 1. The summed E-state index contributed by atoms with van der Waals surface area (Å²) in [6, 6.07) is 9.69. The van der Waals surface area contributed by atoms with Crippen LogP contribution < -0.4 is 5.32 Å². The summed E-state index contributed by atoms with van der Waals surface area (Å²) in [5, 5.41) is 35.2. The molecule has 0 saturated carbocycles. The molecule has 0 radical (unpaired) electrons. The lowest BCUT2D eigenvalue weighted by Crippen LogP contribution is -2.63. The van der Waals surface area contributed by atoms with Gasteiger partial charge in [0.15, 0.2) is 0 Å². The first-order chi connectivity index (χ1) is 25.2. The van der Waals surface area contributed by atoms with Gasteiger partial charge in [0, 0.05) is 46.9 Å². The second-order valence-electron chi connectivity index (χ2n) is 13.7. The molecule has 3 saturated heterocycles. The molecule has 2 aromatic rings. The fraction of sp³-hybridized carbons (Fsp3) is 0.486. The maximum absolute atomic E-state index is 13.7. The molecule has 53 heavy (non-hydrogen) atoms. The number of fused-ring (bicyclic) bond motifs is 1. The number of nitro groups is 2. The smallest absolute Gasteiger partial charge is 0.410 e. The minimum Gasteiger partial charge on any atom is -0.456 e. The number of benzene rings is 2. The summed E-state index contributed by atoms with van der Waals surface area (Å²) >= 11 is 1.28. The zero-order valence-corrected chi connectivity index (χ0v) is 30.1. The largest absolute Gasteiger partial charge is 0.456 e. The number of aliphatic hydroxyl groups is 1. The number of rotatable bonds is 12. The van der Waals surface area contributed by atoms with Crippen LogP contribution in [0.5, 0.6) is 0 Å². The summed E-state index contributed by atoms with van der Waals surface area (Å²) in [4.78, 5) is 80.6. The van der Waals surface area contributed by atoms with E-state index in [2.05, 4.69) is 5.32 Å².